The number of aromatic nitrogens is 2. The van der Waals surface area contributed by atoms with Gasteiger partial charge in [-0.2, -0.15) is 11.8 Å². The van der Waals surface area contributed by atoms with Gasteiger partial charge in [0.15, 0.2) is 0 Å². The van der Waals surface area contributed by atoms with E-state index in [4.69, 9.17) is 17.2 Å². The van der Waals surface area contributed by atoms with E-state index in [1.807, 2.05) is 37.7 Å². The maximum Gasteiger partial charge on any atom is 0.267 e. The fourth-order valence-corrected chi connectivity index (χ4v) is 5.62. The highest BCUT2D eigenvalue weighted by Gasteiger charge is 2.32. The van der Waals surface area contributed by atoms with Gasteiger partial charge in [0.25, 0.3) is 11.5 Å². The highest BCUT2D eigenvalue weighted by molar-refractivity contribution is 8.26. The van der Waals surface area contributed by atoms with Crippen LogP contribution in [0, 0.1) is 6.92 Å². The zero-order valence-electron chi connectivity index (χ0n) is 15.7. The number of carbonyl (C=O) groups is 1. The molecule has 0 radical (unpaired) electrons. The number of rotatable bonds is 3. The van der Waals surface area contributed by atoms with Crippen molar-refractivity contribution < 1.29 is 4.79 Å². The average molecular weight is 433 g/mol. The Morgan fingerprint density at radius 1 is 1.29 bits per heavy atom. The second-order valence-corrected chi connectivity index (χ2v) is 9.46. The third kappa shape index (κ3) is 3.35. The van der Waals surface area contributed by atoms with Gasteiger partial charge in [-0.25, -0.2) is 4.98 Å². The number of pyridine rings is 1. The summed E-state index contributed by atoms with van der Waals surface area (Å²) in [7, 11) is 0. The molecule has 2 aliphatic heterocycles. The number of aryl methyl sites for hydroxylation is 1. The van der Waals surface area contributed by atoms with Gasteiger partial charge in [0, 0.05) is 37.3 Å². The molecule has 9 heteroatoms. The molecule has 0 N–H and O–H groups in total. The van der Waals surface area contributed by atoms with Crippen molar-refractivity contribution in [2.45, 2.75) is 13.8 Å². The Labute approximate surface area is 177 Å². The first-order chi connectivity index (χ1) is 13.5. The molecule has 0 aromatic carbocycles. The minimum absolute atomic E-state index is 0.147. The van der Waals surface area contributed by atoms with Gasteiger partial charge in [-0.3, -0.25) is 18.9 Å². The number of nitrogens with zero attached hydrogens (tertiary/aromatic N) is 4. The first kappa shape index (κ1) is 19.5. The van der Waals surface area contributed by atoms with Crippen molar-refractivity contribution in [3.05, 3.63) is 44.7 Å². The molecule has 28 heavy (non-hydrogen) atoms. The molecule has 0 unspecified atom stereocenters. The number of fused-ring (bicyclic) bond motifs is 1. The summed E-state index contributed by atoms with van der Waals surface area (Å²) in [4.78, 5) is 35.1. The standard InChI is InChI=1S/C19H20N4O2S3/c1-3-22-18(25)14(28-19(22)26)11-13-16(21-7-9-27-10-8-21)20-15-12(2)5-4-6-23(15)17(13)24/h4-6,11H,3,7-10H2,1-2H3. The van der Waals surface area contributed by atoms with Crippen LogP contribution in [0.3, 0.4) is 0 Å². The molecule has 4 heterocycles. The van der Waals surface area contributed by atoms with Gasteiger partial charge in [-0.15, -0.1) is 0 Å². The number of amides is 1. The highest BCUT2D eigenvalue weighted by atomic mass is 32.2. The van der Waals surface area contributed by atoms with Crippen molar-refractivity contribution in [3.8, 4) is 0 Å². The van der Waals surface area contributed by atoms with Crippen molar-refractivity contribution in [2.75, 3.05) is 36.0 Å². The van der Waals surface area contributed by atoms with Crippen LogP contribution in [0.2, 0.25) is 0 Å². The molecule has 4 rings (SSSR count). The summed E-state index contributed by atoms with van der Waals surface area (Å²) >= 11 is 8.45. The van der Waals surface area contributed by atoms with E-state index in [1.165, 1.54) is 11.8 Å². The van der Waals surface area contributed by atoms with Crippen LogP contribution in [0.25, 0.3) is 11.7 Å². The summed E-state index contributed by atoms with van der Waals surface area (Å²) in [6.07, 6.45) is 3.40. The second-order valence-electron chi connectivity index (χ2n) is 6.56. The third-order valence-electron chi connectivity index (χ3n) is 4.84. The summed E-state index contributed by atoms with van der Waals surface area (Å²) in [6.45, 7) is 6.02. The third-order valence-corrected chi connectivity index (χ3v) is 7.16. The molecule has 2 aromatic rings. The number of thioether (sulfide) groups is 2. The average Bonchev–Trinajstić information content (AvgIpc) is 2.97. The smallest absolute Gasteiger partial charge is 0.267 e. The first-order valence-electron chi connectivity index (χ1n) is 9.11. The van der Waals surface area contributed by atoms with Gasteiger partial charge < -0.3 is 4.90 Å². The Kier molecular flexibility index (Phi) is 5.48. The van der Waals surface area contributed by atoms with Crippen molar-refractivity contribution in [2.24, 2.45) is 0 Å². The summed E-state index contributed by atoms with van der Waals surface area (Å²) in [5, 5.41) is 0. The van der Waals surface area contributed by atoms with Crippen LogP contribution in [0.15, 0.2) is 28.0 Å². The Morgan fingerprint density at radius 2 is 2.04 bits per heavy atom. The zero-order valence-corrected chi connectivity index (χ0v) is 18.1. The molecule has 6 nitrogen and oxygen atoms in total. The molecule has 2 fully saturated rings. The number of hydrogen-bond acceptors (Lipinski definition) is 7. The van der Waals surface area contributed by atoms with Gasteiger partial charge in [0.1, 0.15) is 15.8 Å². The minimum Gasteiger partial charge on any atom is -0.354 e. The maximum absolute atomic E-state index is 13.4. The summed E-state index contributed by atoms with van der Waals surface area (Å²) in [5.74, 6) is 2.49. The fraction of sp³-hybridized carbons (Fsp3) is 0.368. The lowest BCUT2D eigenvalue weighted by molar-refractivity contribution is -0.121. The number of hydrogen-bond donors (Lipinski definition) is 0. The predicted octanol–water partition coefficient (Wildman–Crippen LogP) is 2.78. The normalized spacial score (nSPS) is 19.3. The van der Waals surface area contributed by atoms with Crippen LogP contribution in [-0.4, -0.2) is 55.7 Å². The highest BCUT2D eigenvalue weighted by Crippen LogP contribution is 2.33. The van der Waals surface area contributed by atoms with Gasteiger partial charge in [-0.1, -0.05) is 30.0 Å². The first-order valence-corrected chi connectivity index (χ1v) is 11.5. The number of carbonyl (C=O) groups excluding carboxylic acids is 1. The van der Waals surface area contributed by atoms with Crippen LogP contribution in [0.1, 0.15) is 18.1 Å². The van der Waals surface area contributed by atoms with Crippen LogP contribution < -0.4 is 10.5 Å². The second kappa shape index (κ2) is 7.88. The molecule has 0 atom stereocenters. The Bertz CT molecular complexity index is 1060. The Morgan fingerprint density at radius 3 is 2.71 bits per heavy atom. The molecular formula is C19H20N4O2S3. The topological polar surface area (TPSA) is 57.9 Å². The fourth-order valence-electron chi connectivity index (χ4n) is 3.35. The lowest BCUT2D eigenvalue weighted by Crippen LogP contribution is -2.36. The molecule has 146 valence electrons. The predicted molar refractivity (Wildman–Crippen MR) is 121 cm³/mol. The van der Waals surface area contributed by atoms with E-state index in [0.717, 1.165) is 30.2 Å². The molecule has 2 aromatic heterocycles. The molecule has 0 saturated carbocycles. The SMILES string of the molecule is CCN1C(=O)C(=Cc2c(N3CCSCC3)nc3c(C)cccn3c2=O)SC1=S. The van der Waals surface area contributed by atoms with Gasteiger partial charge in [0.05, 0.1) is 10.5 Å². The molecular weight excluding hydrogens is 412 g/mol. The molecule has 0 bridgehead atoms. The number of thiocarbonyl (C=S) groups is 1. The van der Waals surface area contributed by atoms with Crippen molar-refractivity contribution in [1.29, 1.82) is 0 Å². The number of anilines is 1. The van der Waals surface area contributed by atoms with Gasteiger partial charge in [0.2, 0.25) is 0 Å². The lowest BCUT2D eigenvalue weighted by Gasteiger charge is -2.28. The van der Waals surface area contributed by atoms with Crippen LogP contribution >= 0.6 is 35.7 Å². The lowest BCUT2D eigenvalue weighted by atomic mass is 10.2. The summed E-state index contributed by atoms with van der Waals surface area (Å²) < 4.78 is 2.09. The van der Waals surface area contributed by atoms with E-state index in [2.05, 4.69) is 4.90 Å². The maximum atomic E-state index is 13.4. The van der Waals surface area contributed by atoms with Gasteiger partial charge in [-0.05, 0) is 31.6 Å². The minimum atomic E-state index is -0.163. The molecule has 2 saturated heterocycles. The van der Waals surface area contributed by atoms with E-state index in [-0.39, 0.29) is 11.5 Å². The molecule has 2 aliphatic rings. The van der Waals surface area contributed by atoms with E-state index in [9.17, 15) is 9.59 Å². The van der Waals surface area contributed by atoms with Crippen molar-refractivity contribution in [1.82, 2.24) is 14.3 Å². The van der Waals surface area contributed by atoms with Crippen LogP contribution in [0.4, 0.5) is 5.82 Å². The van der Waals surface area contributed by atoms with E-state index in [1.54, 1.807) is 21.6 Å². The van der Waals surface area contributed by atoms with Crippen molar-refractivity contribution >= 4 is 63.5 Å². The summed E-state index contributed by atoms with van der Waals surface area (Å²) in [6, 6.07) is 3.78. The van der Waals surface area contributed by atoms with E-state index < -0.39 is 0 Å². The number of likely N-dealkylation sites (N-methyl/N-ethyl adjacent to an activating group) is 1. The van der Waals surface area contributed by atoms with Gasteiger partial charge >= 0.3 is 0 Å². The van der Waals surface area contributed by atoms with Crippen LogP contribution in [-0.2, 0) is 4.79 Å². The largest absolute Gasteiger partial charge is 0.354 e. The van der Waals surface area contributed by atoms with E-state index in [0.29, 0.717) is 32.8 Å². The quantitative estimate of drug-likeness (QED) is 0.546. The molecule has 0 aliphatic carbocycles. The Balaban J connectivity index is 1.92. The Hall–Kier alpha value is -1.84. The van der Waals surface area contributed by atoms with E-state index >= 15 is 0 Å². The van der Waals surface area contributed by atoms with Crippen molar-refractivity contribution in [3.63, 3.8) is 0 Å². The summed E-state index contributed by atoms with van der Waals surface area (Å²) in [5.41, 5.74) is 1.88. The molecule has 1 amide bonds. The molecule has 0 spiro atoms. The van der Waals surface area contributed by atoms with Crippen LogP contribution in [0.5, 0.6) is 0 Å². The zero-order chi connectivity index (χ0) is 19.8. The monoisotopic (exact) mass is 432 g/mol.